The van der Waals surface area contributed by atoms with E-state index in [9.17, 15) is 0 Å². The molecule has 0 aliphatic heterocycles. The van der Waals surface area contributed by atoms with Gasteiger partial charge in [-0.2, -0.15) is 0 Å². The van der Waals surface area contributed by atoms with E-state index in [4.69, 9.17) is 9.40 Å². The Hall–Kier alpha value is -5.41. The zero-order valence-electron chi connectivity index (χ0n) is 22.6. The highest BCUT2D eigenvalue weighted by Gasteiger charge is 2.15. The maximum Gasteiger partial charge on any atom is 0.227 e. The molecule has 3 nitrogen and oxygen atoms in total. The van der Waals surface area contributed by atoms with E-state index in [1.54, 1.807) is 0 Å². The maximum atomic E-state index is 6.07. The van der Waals surface area contributed by atoms with Crippen LogP contribution in [0.15, 0.2) is 144 Å². The van der Waals surface area contributed by atoms with Gasteiger partial charge in [-0.3, -0.25) is 0 Å². The van der Waals surface area contributed by atoms with Crippen molar-refractivity contribution in [2.75, 3.05) is 0 Å². The van der Waals surface area contributed by atoms with Crippen LogP contribution in [0.2, 0.25) is 0 Å². The predicted octanol–water partition coefficient (Wildman–Crippen LogP) is 10.2. The van der Waals surface area contributed by atoms with E-state index in [0.29, 0.717) is 5.89 Å². The van der Waals surface area contributed by atoms with Gasteiger partial charge in [0.25, 0.3) is 0 Å². The highest BCUT2D eigenvalue weighted by molar-refractivity contribution is 6.11. The number of benzene rings is 6. The lowest BCUT2D eigenvalue weighted by atomic mass is 9.99. The molecule has 0 fully saturated rings. The van der Waals surface area contributed by atoms with Crippen molar-refractivity contribution in [3.05, 3.63) is 145 Å². The number of para-hydroxylation sites is 2. The van der Waals surface area contributed by atoms with Gasteiger partial charge in [-0.05, 0) is 89.8 Å². The summed E-state index contributed by atoms with van der Waals surface area (Å²) in [5.74, 6) is 0.637. The smallest absolute Gasteiger partial charge is 0.227 e. The predicted molar refractivity (Wildman–Crippen MR) is 169 cm³/mol. The van der Waals surface area contributed by atoms with Crippen LogP contribution in [0.4, 0.5) is 0 Å². The summed E-state index contributed by atoms with van der Waals surface area (Å²) >= 11 is 0. The molecule has 41 heavy (non-hydrogen) atoms. The van der Waals surface area contributed by atoms with Crippen molar-refractivity contribution >= 4 is 32.9 Å². The van der Waals surface area contributed by atoms with Gasteiger partial charge >= 0.3 is 0 Å². The highest BCUT2D eigenvalue weighted by Crippen LogP contribution is 2.38. The van der Waals surface area contributed by atoms with E-state index in [1.807, 2.05) is 24.3 Å². The molecule has 8 aromatic rings. The van der Waals surface area contributed by atoms with Crippen LogP contribution in [0.25, 0.3) is 72.3 Å². The Labute approximate surface area is 238 Å². The molecule has 8 rings (SSSR count). The van der Waals surface area contributed by atoms with Gasteiger partial charge in [0.2, 0.25) is 5.89 Å². The maximum absolute atomic E-state index is 6.07. The van der Waals surface area contributed by atoms with E-state index in [1.165, 1.54) is 38.5 Å². The minimum Gasteiger partial charge on any atom is -0.436 e. The number of oxazole rings is 1. The van der Waals surface area contributed by atoms with Crippen molar-refractivity contribution in [3.8, 4) is 39.4 Å². The van der Waals surface area contributed by atoms with Crippen LogP contribution in [-0.2, 0) is 0 Å². The van der Waals surface area contributed by atoms with E-state index in [-0.39, 0.29) is 0 Å². The van der Waals surface area contributed by atoms with Crippen LogP contribution < -0.4 is 0 Å². The molecular weight excluding hydrogens is 500 g/mol. The number of aryl methyl sites for hydroxylation is 1. The number of hydrogen-bond donors (Lipinski definition) is 0. The molecule has 2 aromatic heterocycles. The number of rotatable bonds is 4. The second-order valence-electron chi connectivity index (χ2n) is 10.6. The lowest BCUT2D eigenvalue weighted by Crippen LogP contribution is -1.93. The third-order valence-corrected chi connectivity index (χ3v) is 7.90. The average molecular weight is 527 g/mol. The lowest BCUT2D eigenvalue weighted by molar-refractivity contribution is 0.620. The molecule has 0 unspecified atom stereocenters. The van der Waals surface area contributed by atoms with Crippen LogP contribution in [0.3, 0.4) is 0 Å². The number of hydrogen-bond acceptors (Lipinski definition) is 2. The van der Waals surface area contributed by atoms with Crippen molar-refractivity contribution < 1.29 is 4.42 Å². The van der Waals surface area contributed by atoms with Crippen molar-refractivity contribution in [2.45, 2.75) is 6.92 Å². The van der Waals surface area contributed by atoms with Crippen molar-refractivity contribution in [1.82, 2.24) is 9.55 Å². The van der Waals surface area contributed by atoms with Crippen LogP contribution >= 0.6 is 0 Å². The summed E-state index contributed by atoms with van der Waals surface area (Å²) in [6.07, 6.45) is 0. The molecule has 0 saturated heterocycles. The first-order valence-electron chi connectivity index (χ1n) is 13.9. The zero-order valence-corrected chi connectivity index (χ0v) is 22.6. The monoisotopic (exact) mass is 526 g/mol. The number of nitrogens with zero attached hydrogens (tertiary/aromatic N) is 2. The molecule has 0 aliphatic rings. The SMILES string of the molecule is Cc1ccc(-n2c3ccc(-c4ccccc4)cc3c3cc(-c4cccc(-c5nc6ccccc6o5)c4)ccc32)cc1. The van der Waals surface area contributed by atoms with Gasteiger partial charge in [-0.1, -0.05) is 84.4 Å². The Morgan fingerprint density at radius 2 is 1.12 bits per heavy atom. The Morgan fingerprint density at radius 3 is 1.85 bits per heavy atom. The Balaban J connectivity index is 1.32. The fourth-order valence-electron chi connectivity index (χ4n) is 5.81. The minimum absolute atomic E-state index is 0.637. The molecule has 6 aromatic carbocycles. The van der Waals surface area contributed by atoms with Gasteiger partial charge in [0.05, 0.1) is 11.0 Å². The fourth-order valence-corrected chi connectivity index (χ4v) is 5.81. The molecule has 0 saturated carbocycles. The number of fused-ring (bicyclic) bond motifs is 4. The minimum atomic E-state index is 0.637. The molecule has 0 atom stereocenters. The van der Waals surface area contributed by atoms with Gasteiger partial charge in [-0.15, -0.1) is 0 Å². The normalized spacial score (nSPS) is 11.5. The summed E-state index contributed by atoms with van der Waals surface area (Å²) in [6.45, 7) is 2.13. The summed E-state index contributed by atoms with van der Waals surface area (Å²) in [6, 6.07) is 49.3. The largest absolute Gasteiger partial charge is 0.436 e. The fraction of sp³-hybridized carbons (Fsp3) is 0.0263. The van der Waals surface area contributed by atoms with Crippen molar-refractivity contribution in [2.24, 2.45) is 0 Å². The second-order valence-corrected chi connectivity index (χ2v) is 10.6. The van der Waals surface area contributed by atoms with Gasteiger partial charge in [0.1, 0.15) is 5.52 Å². The molecule has 0 spiro atoms. The van der Waals surface area contributed by atoms with Crippen molar-refractivity contribution in [1.29, 1.82) is 0 Å². The molecule has 0 aliphatic carbocycles. The van der Waals surface area contributed by atoms with Gasteiger partial charge in [0.15, 0.2) is 5.58 Å². The van der Waals surface area contributed by atoms with Gasteiger partial charge in [0, 0.05) is 22.0 Å². The zero-order chi connectivity index (χ0) is 27.3. The highest BCUT2D eigenvalue weighted by atomic mass is 16.3. The first-order chi connectivity index (χ1) is 20.2. The number of aromatic nitrogens is 2. The van der Waals surface area contributed by atoms with Gasteiger partial charge in [-0.25, -0.2) is 4.98 Å². The first kappa shape index (κ1) is 23.5. The second kappa shape index (κ2) is 9.35. The Kier molecular flexibility index (Phi) is 5.36. The Morgan fingerprint density at radius 1 is 0.512 bits per heavy atom. The van der Waals surface area contributed by atoms with Crippen molar-refractivity contribution in [3.63, 3.8) is 0 Å². The van der Waals surface area contributed by atoms with E-state index in [0.717, 1.165) is 33.5 Å². The van der Waals surface area contributed by atoms with Crippen LogP contribution in [-0.4, -0.2) is 9.55 Å². The third-order valence-electron chi connectivity index (χ3n) is 7.90. The summed E-state index contributed by atoms with van der Waals surface area (Å²) in [5, 5.41) is 2.46. The standard InChI is InChI=1S/C38H26N2O/c1-25-14-18-31(19-15-25)40-35-20-16-28(26-8-3-2-4-9-26)23-32(35)33-24-29(17-21-36(33)40)27-10-7-11-30(22-27)38-39-34-12-5-6-13-37(34)41-38/h2-24H,1H3. The molecule has 2 heterocycles. The molecular formula is C38H26N2O. The summed E-state index contributed by atoms with van der Waals surface area (Å²) in [5.41, 5.74) is 12.1. The lowest BCUT2D eigenvalue weighted by Gasteiger charge is -2.09. The first-order valence-corrected chi connectivity index (χ1v) is 13.9. The molecule has 0 bridgehead atoms. The molecule has 3 heteroatoms. The molecule has 194 valence electrons. The van der Waals surface area contributed by atoms with E-state index in [2.05, 4.69) is 127 Å². The summed E-state index contributed by atoms with van der Waals surface area (Å²) < 4.78 is 8.45. The molecule has 0 amide bonds. The summed E-state index contributed by atoms with van der Waals surface area (Å²) in [4.78, 5) is 4.72. The van der Waals surface area contributed by atoms with Gasteiger partial charge < -0.3 is 8.98 Å². The van der Waals surface area contributed by atoms with E-state index >= 15 is 0 Å². The summed E-state index contributed by atoms with van der Waals surface area (Å²) in [7, 11) is 0. The van der Waals surface area contributed by atoms with E-state index < -0.39 is 0 Å². The van der Waals surface area contributed by atoms with Crippen LogP contribution in [0.5, 0.6) is 0 Å². The molecule has 0 radical (unpaired) electrons. The van der Waals surface area contributed by atoms with Crippen LogP contribution in [0.1, 0.15) is 5.56 Å². The Bertz CT molecular complexity index is 2170. The average Bonchev–Trinajstić information content (AvgIpc) is 3.61. The quantitative estimate of drug-likeness (QED) is 0.228. The molecule has 0 N–H and O–H groups in total. The topological polar surface area (TPSA) is 31.0 Å². The van der Waals surface area contributed by atoms with Crippen LogP contribution in [0, 0.1) is 6.92 Å². The third kappa shape index (κ3) is 4.02.